The van der Waals surface area contributed by atoms with Gasteiger partial charge in [-0.15, -0.1) is 0 Å². The second kappa shape index (κ2) is 7.14. The van der Waals surface area contributed by atoms with E-state index >= 15 is 0 Å². The van der Waals surface area contributed by atoms with Gasteiger partial charge in [0.1, 0.15) is 13.8 Å². The van der Waals surface area contributed by atoms with Crippen LogP contribution in [0.4, 0.5) is 0 Å². The summed E-state index contributed by atoms with van der Waals surface area (Å²) >= 11 is 0. The van der Waals surface area contributed by atoms with Crippen molar-refractivity contribution in [3.8, 4) is 0 Å². The Kier molecular flexibility index (Phi) is 5.95. The van der Waals surface area contributed by atoms with Crippen LogP contribution in [0.25, 0.3) is 5.57 Å². The molecule has 0 saturated heterocycles. The van der Waals surface area contributed by atoms with Gasteiger partial charge in [-0.25, -0.2) is 4.58 Å². The number of aliphatic hydroxyl groups is 1. The second-order valence-corrected chi connectivity index (χ2v) is 6.50. The Morgan fingerprint density at radius 1 is 1.26 bits per heavy atom. The molecule has 0 fully saturated rings. The molecule has 0 saturated carbocycles. The number of rotatable bonds is 8. The molecule has 0 aromatic heterocycles. The van der Waals surface area contributed by atoms with Crippen LogP contribution in [-0.2, 0) is 4.74 Å². The van der Waals surface area contributed by atoms with Crippen molar-refractivity contribution in [1.82, 2.24) is 0 Å². The van der Waals surface area contributed by atoms with Crippen molar-refractivity contribution < 1.29 is 14.4 Å². The van der Waals surface area contributed by atoms with E-state index in [1.165, 1.54) is 0 Å². The molecule has 3 heteroatoms. The Balaban J connectivity index is 3.58. The zero-order chi connectivity index (χ0) is 17.8. The maximum atomic E-state index is 9.72. The van der Waals surface area contributed by atoms with Crippen LogP contribution in [-0.4, -0.2) is 42.7 Å². The van der Waals surface area contributed by atoms with Crippen LogP contribution in [0, 0.1) is 12.3 Å². The van der Waals surface area contributed by atoms with E-state index in [0.29, 0.717) is 12.2 Å². The van der Waals surface area contributed by atoms with Gasteiger partial charge in [-0.3, -0.25) is 0 Å². The molecule has 2 unspecified atom stereocenters. The minimum absolute atomic E-state index is 0.0435. The lowest BCUT2D eigenvalue weighted by molar-refractivity contribution is -0.582. The standard InChI is InChI=1S/C20H30NO2/c1-15-11-9-10-12-18(15)16(2)19(4,13-14-22)20(5,21(6)7)17(3)23-8/h9-12,22H,2-3,6,13-14H2,1,4-5,7-8H3/q+1. The van der Waals surface area contributed by atoms with Gasteiger partial charge < -0.3 is 9.84 Å². The molecule has 23 heavy (non-hydrogen) atoms. The number of likely N-dealkylation sites (N-methyl/N-ethyl adjacent to an activating group) is 1. The van der Waals surface area contributed by atoms with Crippen molar-refractivity contribution in [2.45, 2.75) is 32.7 Å². The summed E-state index contributed by atoms with van der Waals surface area (Å²) in [6, 6.07) is 8.14. The van der Waals surface area contributed by atoms with Gasteiger partial charge in [-0.1, -0.05) is 37.4 Å². The molecule has 0 aliphatic heterocycles. The Morgan fingerprint density at radius 3 is 2.26 bits per heavy atom. The molecule has 0 radical (unpaired) electrons. The van der Waals surface area contributed by atoms with Gasteiger partial charge in [0.15, 0.2) is 5.76 Å². The first-order valence-electron chi connectivity index (χ1n) is 7.80. The fourth-order valence-corrected chi connectivity index (χ4v) is 3.26. The van der Waals surface area contributed by atoms with Crippen molar-refractivity contribution in [3.05, 3.63) is 54.3 Å². The van der Waals surface area contributed by atoms with Crippen molar-refractivity contribution in [3.63, 3.8) is 0 Å². The van der Waals surface area contributed by atoms with E-state index in [-0.39, 0.29) is 6.61 Å². The minimum Gasteiger partial charge on any atom is -0.494 e. The van der Waals surface area contributed by atoms with E-state index in [2.05, 4.69) is 45.9 Å². The molecule has 1 rings (SSSR count). The molecule has 126 valence electrons. The number of methoxy groups -OCH3 is 1. The van der Waals surface area contributed by atoms with Gasteiger partial charge >= 0.3 is 0 Å². The Bertz CT molecular complexity index is 620. The molecule has 1 aromatic rings. The Morgan fingerprint density at radius 2 is 1.83 bits per heavy atom. The number of aliphatic hydroxyl groups excluding tert-OH is 1. The molecule has 0 spiro atoms. The number of nitrogens with zero attached hydrogens (tertiary/aromatic N) is 1. The molecule has 1 N–H and O–H groups in total. The first-order chi connectivity index (χ1) is 10.7. The molecule has 3 nitrogen and oxygen atoms in total. The van der Waals surface area contributed by atoms with E-state index in [1.807, 2.05) is 30.7 Å². The van der Waals surface area contributed by atoms with Crippen molar-refractivity contribution in [1.29, 1.82) is 0 Å². The summed E-state index contributed by atoms with van der Waals surface area (Å²) in [7, 11) is 3.50. The van der Waals surface area contributed by atoms with Crippen LogP contribution in [0.2, 0.25) is 0 Å². The molecular weight excluding hydrogens is 286 g/mol. The van der Waals surface area contributed by atoms with Crippen LogP contribution >= 0.6 is 0 Å². The first kappa shape index (κ1) is 19.2. The maximum Gasteiger partial charge on any atom is 0.224 e. The average Bonchev–Trinajstić information content (AvgIpc) is 2.52. The lowest BCUT2D eigenvalue weighted by Crippen LogP contribution is -2.53. The fourth-order valence-electron chi connectivity index (χ4n) is 3.26. The zero-order valence-corrected chi connectivity index (χ0v) is 15.1. The molecule has 1 aromatic carbocycles. The maximum absolute atomic E-state index is 9.72. The molecule has 0 aliphatic rings. The Labute approximate surface area is 140 Å². The van der Waals surface area contributed by atoms with Gasteiger partial charge in [-0.05, 0) is 37.0 Å². The predicted molar refractivity (Wildman–Crippen MR) is 97.9 cm³/mol. The van der Waals surface area contributed by atoms with Crippen LogP contribution in [0.1, 0.15) is 31.4 Å². The lowest BCUT2D eigenvalue weighted by atomic mass is 9.62. The van der Waals surface area contributed by atoms with Crippen LogP contribution in [0.3, 0.4) is 0 Å². The van der Waals surface area contributed by atoms with Gasteiger partial charge in [-0.2, -0.15) is 0 Å². The molecule has 0 heterocycles. The van der Waals surface area contributed by atoms with Gasteiger partial charge in [0.05, 0.1) is 12.5 Å². The number of hydrogen-bond acceptors (Lipinski definition) is 2. The highest BCUT2D eigenvalue weighted by molar-refractivity contribution is 5.72. The van der Waals surface area contributed by atoms with E-state index in [0.717, 1.165) is 16.7 Å². The topological polar surface area (TPSA) is 32.5 Å². The summed E-state index contributed by atoms with van der Waals surface area (Å²) in [5.41, 5.74) is 2.06. The second-order valence-electron chi connectivity index (χ2n) is 6.50. The summed E-state index contributed by atoms with van der Waals surface area (Å²) in [5, 5.41) is 9.72. The normalized spacial score (nSPS) is 16.1. The van der Waals surface area contributed by atoms with Gasteiger partial charge in [0, 0.05) is 13.5 Å². The van der Waals surface area contributed by atoms with E-state index in [4.69, 9.17) is 4.74 Å². The average molecular weight is 316 g/mol. The number of ether oxygens (including phenoxy) is 1. The SMILES string of the molecule is C=C(c1ccccc1C)C(C)(CCO)C(C)(C(=C)OC)[N+](=C)C. The molecule has 2 atom stereocenters. The molecule has 0 bridgehead atoms. The van der Waals surface area contributed by atoms with Crippen LogP contribution in [0.15, 0.2) is 43.2 Å². The molecule has 0 aliphatic carbocycles. The number of hydrogen-bond donors (Lipinski definition) is 1. The fraction of sp³-hybridized carbons (Fsp3) is 0.450. The number of aryl methyl sites for hydroxylation is 1. The van der Waals surface area contributed by atoms with Gasteiger partial charge in [0.25, 0.3) is 0 Å². The van der Waals surface area contributed by atoms with E-state index in [1.54, 1.807) is 7.11 Å². The lowest BCUT2D eigenvalue weighted by Gasteiger charge is -2.44. The highest BCUT2D eigenvalue weighted by Crippen LogP contribution is 2.50. The zero-order valence-electron chi connectivity index (χ0n) is 15.1. The summed E-state index contributed by atoms with van der Waals surface area (Å²) < 4.78 is 7.33. The third-order valence-electron chi connectivity index (χ3n) is 5.38. The quantitative estimate of drug-likeness (QED) is 0.451. The van der Waals surface area contributed by atoms with E-state index < -0.39 is 11.0 Å². The summed E-state index contributed by atoms with van der Waals surface area (Å²) in [5.74, 6) is 0.598. The predicted octanol–water partition coefficient (Wildman–Crippen LogP) is 3.66. The largest absolute Gasteiger partial charge is 0.494 e. The third-order valence-corrected chi connectivity index (χ3v) is 5.38. The smallest absolute Gasteiger partial charge is 0.224 e. The van der Waals surface area contributed by atoms with Crippen LogP contribution in [0.5, 0.6) is 0 Å². The van der Waals surface area contributed by atoms with Crippen molar-refractivity contribution >= 4 is 12.3 Å². The van der Waals surface area contributed by atoms with Crippen molar-refractivity contribution in [2.24, 2.45) is 5.41 Å². The summed E-state index contributed by atoms with van der Waals surface area (Å²) in [6.45, 7) is 18.8. The minimum atomic E-state index is -0.621. The monoisotopic (exact) mass is 316 g/mol. The first-order valence-corrected chi connectivity index (χ1v) is 7.80. The molecular formula is C20H30NO2+. The summed E-state index contributed by atoms with van der Waals surface area (Å²) in [6.07, 6.45) is 0.527. The van der Waals surface area contributed by atoms with Crippen molar-refractivity contribution in [2.75, 3.05) is 20.8 Å². The molecule has 0 amide bonds. The van der Waals surface area contributed by atoms with Gasteiger partial charge in [0.2, 0.25) is 5.54 Å². The van der Waals surface area contributed by atoms with E-state index in [9.17, 15) is 5.11 Å². The summed E-state index contributed by atoms with van der Waals surface area (Å²) in [4.78, 5) is 0. The Hall–Kier alpha value is -1.87. The highest BCUT2D eigenvalue weighted by atomic mass is 16.5. The third kappa shape index (κ3) is 3.11. The highest BCUT2D eigenvalue weighted by Gasteiger charge is 2.56. The van der Waals surface area contributed by atoms with Crippen LogP contribution < -0.4 is 0 Å². The number of benzene rings is 1.